The third kappa shape index (κ3) is 4.40. The van der Waals surface area contributed by atoms with Gasteiger partial charge in [-0.3, -0.25) is 0 Å². The molecule has 0 aliphatic heterocycles. The minimum absolute atomic E-state index is 0.882. The molecule has 9 rings (SSSR count). The van der Waals surface area contributed by atoms with E-state index in [-0.39, 0.29) is 0 Å². The molecule has 7 aromatic carbocycles. The molecular weight excluding hydrogens is 603 g/mol. The molecule has 0 saturated heterocycles. The molecule has 0 radical (unpaired) electrons. The van der Waals surface area contributed by atoms with Crippen molar-refractivity contribution in [3.8, 4) is 11.1 Å². The Bertz CT molecular complexity index is 2710. The lowest BCUT2D eigenvalue weighted by molar-refractivity contribution is 0.672. The van der Waals surface area contributed by atoms with Crippen LogP contribution in [0.1, 0.15) is 17.4 Å². The molecule has 2 nitrogen and oxygen atoms in total. The van der Waals surface area contributed by atoms with Gasteiger partial charge in [0.1, 0.15) is 11.2 Å². The Labute approximate surface area is 283 Å². The molecule has 9 aromatic rings. The fourth-order valence-electron chi connectivity index (χ4n) is 7.19. The molecule has 3 heteroatoms. The van der Waals surface area contributed by atoms with E-state index in [0.29, 0.717) is 0 Å². The van der Waals surface area contributed by atoms with E-state index in [9.17, 15) is 0 Å². The van der Waals surface area contributed by atoms with Gasteiger partial charge in [0.15, 0.2) is 0 Å². The minimum atomic E-state index is 0.882. The van der Waals surface area contributed by atoms with Crippen LogP contribution in [0.3, 0.4) is 0 Å². The van der Waals surface area contributed by atoms with Crippen LogP contribution in [0.4, 0.5) is 17.1 Å². The van der Waals surface area contributed by atoms with Crippen LogP contribution < -0.4 is 4.90 Å². The standard InChI is InChI=1S/C45H31NOS/c1-3-13-43-32(4-2)38-20-12-21-41(45(38)48-43)46(40-26-25-33(29-14-6-5-7-15-29)35-18-10-11-19-36(35)40)31-23-27-42-39(28-31)37-24-22-30-16-8-9-17-34(30)44(37)47-42/h3-28H,2H2,1H3/b13-3-. The summed E-state index contributed by atoms with van der Waals surface area (Å²) in [5, 5.41) is 8.13. The highest BCUT2D eigenvalue weighted by Crippen LogP contribution is 2.48. The lowest BCUT2D eigenvalue weighted by Gasteiger charge is -2.28. The molecule has 2 heterocycles. The van der Waals surface area contributed by atoms with E-state index >= 15 is 0 Å². The van der Waals surface area contributed by atoms with E-state index in [2.05, 4.69) is 170 Å². The summed E-state index contributed by atoms with van der Waals surface area (Å²) in [6, 6.07) is 50.0. The maximum atomic E-state index is 6.54. The van der Waals surface area contributed by atoms with Gasteiger partial charge in [-0.25, -0.2) is 0 Å². The number of hydrogen-bond acceptors (Lipinski definition) is 3. The van der Waals surface area contributed by atoms with E-state index in [0.717, 1.165) is 44.4 Å². The minimum Gasteiger partial charge on any atom is -0.455 e. The van der Waals surface area contributed by atoms with Crippen LogP contribution in [0.25, 0.3) is 76.8 Å². The molecule has 0 fully saturated rings. The Morgan fingerprint density at radius 1 is 0.625 bits per heavy atom. The van der Waals surface area contributed by atoms with Gasteiger partial charge in [-0.15, -0.1) is 11.3 Å². The lowest BCUT2D eigenvalue weighted by atomic mass is 9.96. The maximum Gasteiger partial charge on any atom is 0.143 e. The SMILES string of the molecule is C=Cc1c(/C=C\C)sc2c(N(c3ccc4oc5c6ccccc6ccc5c4c3)c3ccc(-c4ccccc4)c4ccccc34)cccc12. The zero-order valence-electron chi connectivity index (χ0n) is 26.5. The first-order chi connectivity index (χ1) is 23.7. The highest BCUT2D eigenvalue weighted by molar-refractivity contribution is 7.20. The van der Waals surface area contributed by atoms with E-state index < -0.39 is 0 Å². The van der Waals surface area contributed by atoms with Crippen LogP contribution in [0.15, 0.2) is 157 Å². The molecule has 0 N–H and O–H groups in total. The average molecular weight is 634 g/mol. The lowest BCUT2D eigenvalue weighted by Crippen LogP contribution is -2.10. The van der Waals surface area contributed by atoms with Gasteiger partial charge in [0.05, 0.1) is 16.1 Å². The van der Waals surface area contributed by atoms with Gasteiger partial charge < -0.3 is 9.32 Å². The molecule has 228 valence electrons. The highest BCUT2D eigenvalue weighted by Gasteiger charge is 2.22. The van der Waals surface area contributed by atoms with Crippen molar-refractivity contribution >= 4 is 94.1 Å². The molecule has 0 atom stereocenters. The first-order valence-corrected chi connectivity index (χ1v) is 17.1. The first-order valence-electron chi connectivity index (χ1n) is 16.3. The maximum absolute atomic E-state index is 6.54. The monoisotopic (exact) mass is 633 g/mol. The van der Waals surface area contributed by atoms with Crippen molar-refractivity contribution in [1.29, 1.82) is 0 Å². The summed E-state index contributed by atoms with van der Waals surface area (Å²) in [5.74, 6) is 0. The second-order valence-electron chi connectivity index (χ2n) is 12.1. The van der Waals surface area contributed by atoms with Gasteiger partial charge in [-0.2, -0.15) is 0 Å². The van der Waals surface area contributed by atoms with Gasteiger partial charge >= 0.3 is 0 Å². The Hall–Kier alpha value is -5.90. The number of thiophene rings is 1. The van der Waals surface area contributed by atoms with Crippen LogP contribution in [0.2, 0.25) is 0 Å². The van der Waals surface area contributed by atoms with Gasteiger partial charge in [-0.05, 0) is 76.9 Å². The summed E-state index contributed by atoms with van der Waals surface area (Å²) in [6.45, 7) is 6.26. The van der Waals surface area contributed by atoms with Crippen molar-refractivity contribution in [2.75, 3.05) is 4.90 Å². The molecule has 48 heavy (non-hydrogen) atoms. The molecule has 0 amide bonds. The molecular formula is C45H31NOS. The molecule has 0 unspecified atom stereocenters. The number of nitrogens with zero attached hydrogens (tertiary/aromatic N) is 1. The van der Waals surface area contributed by atoms with Gasteiger partial charge in [0.2, 0.25) is 0 Å². The number of rotatable bonds is 6. The fourth-order valence-corrected chi connectivity index (χ4v) is 8.47. The number of benzene rings is 7. The topological polar surface area (TPSA) is 16.4 Å². The molecule has 0 spiro atoms. The summed E-state index contributed by atoms with van der Waals surface area (Å²) in [5.41, 5.74) is 8.73. The smallest absolute Gasteiger partial charge is 0.143 e. The molecule has 2 aromatic heterocycles. The van der Waals surface area contributed by atoms with Crippen molar-refractivity contribution in [2.45, 2.75) is 6.92 Å². The summed E-state index contributed by atoms with van der Waals surface area (Å²) in [4.78, 5) is 3.64. The number of allylic oxidation sites excluding steroid dienone is 1. The van der Waals surface area contributed by atoms with Gasteiger partial charge in [-0.1, -0.05) is 122 Å². The number of anilines is 3. The Morgan fingerprint density at radius 3 is 2.23 bits per heavy atom. The van der Waals surface area contributed by atoms with E-state index in [4.69, 9.17) is 4.42 Å². The van der Waals surface area contributed by atoms with E-state index in [1.807, 2.05) is 17.4 Å². The Morgan fingerprint density at radius 2 is 1.40 bits per heavy atom. The normalized spacial score (nSPS) is 11.9. The summed E-state index contributed by atoms with van der Waals surface area (Å²) in [6.07, 6.45) is 6.28. The fraction of sp³-hybridized carbons (Fsp3) is 0.0222. The van der Waals surface area contributed by atoms with Crippen molar-refractivity contribution in [2.24, 2.45) is 0 Å². The van der Waals surface area contributed by atoms with Crippen molar-refractivity contribution in [1.82, 2.24) is 0 Å². The van der Waals surface area contributed by atoms with E-state index in [1.165, 1.54) is 47.8 Å². The molecule has 0 aliphatic carbocycles. The summed E-state index contributed by atoms with van der Waals surface area (Å²) < 4.78 is 7.76. The molecule has 0 aliphatic rings. The predicted molar refractivity (Wildman–Crippen MR) is 209 cm³/mol. The highest BCUT2D eigenvalue weighted by atomic mass is 32.1. The van der Waals surface area contributed by atoms with Crippen LogP contribution in [0.5, 0.6) is 0 Å². The zero-order valence-corrected chi connectivity index (χ0v) is 27.3. The third-order valence-corrected chi connectivity index (χ3v) is 10.6. The Balaban J connectivity index is 1.35. The number of fused-ring (bicyclic) bond motifs is 7. The molecule has 0 bridgehead atoms. The number of furan rings is 1. The summed E-state index contributed by atoms with van der Waals surface area (Å²) >= 11 is 1.81. The second-order valence-corrected chi connectivity index (χ2v) is 13.1. The molecule has 0 saturated carbocycles. The van der Waals surface area contributed by atoms with E-state index in [1.54, 1.807) is 0 Å². The second kappa shape index (κ2) is 11.4. The van der Waals surface area contributed by atoms with Crippen LogP contribution in [-0.2, 0) is 0 Å². The van der Waals surface area contributed by atoms with Crippen LogP contribution in [-0.4, -0.2) is 0 Å². The van der Waals surface area contributed by atoms with Gasteiger partial charge in [0, 0.05) is 37.5 Å². The van der Waals surface area contributed by atoms with Gasteiger partial charge in [0.25, 0.3) is 0 Å². The van der Waals surface area contributed by atoms with Crippen molar-refractivity contribution < 1.29 is 4.42 Å². The quantitative estimate of drug-likeness (QED) is 0.181. The van der Waals surface area contributed by atoms with Crippen LogP contribution in [0, 0.1) is 0 Å². The predicted octanol–water partition coefficient (Wildman–Crippen LogP) is 13.9. The van der Waals surface area contributed by atoms with Crippen molar-refractivity contribution in [3.63, 3.8) is 0 Å². The van der Waals surface area contributed by atoms with Crippen molar-refractivity contribution in [3.05, 3.63) is 163 Å². The summed E-state index contributed by atoms with van der Waals surface area (Å²) in [7, 11) is 0. The zero-order chi connectivity index (χ0) is 32.2. The van der Waals surface area contributed by atoms with Crippen LogP contribution >= 0.6 is 11.3 Å². The third-order valence-electron chi connectivity index (χ3n) is 9.35. The average Bonchev–Trinajstić information content (AvgIpc) is 3.70. The Kier molecular flexibility index (Phi) is 6.74. The first kappa shape index (κ1) is 28.3. The largest absolute Gasteiger partial charge is 0.455 e. The number of hydrogen-bond donors (Lipinski definition) is 0.